The number of esters is 1. The van der Waals surface area contributed by atoms with Crippen LogP contribution in [0, 0.1) is 11.7 Å². The van der Waals surface area contributed by atoms with E-state index in [1.807, 2.05) is 12.1 Å². The molecule has 0 saturated carbocycles. The van der Waals surface area contributed by atoms with E-state index in [9.17, 15) is 14.0 Å². The molecule has 8 heteroatoms. The van der Waals surface area contributed by atoms with Crippen molar-refractivity contribution in [3.8, 4) is 11.3 Å². The van der Waals surface area contributed by atoms with Crippen LogP contribution >= 0.6 is 0 Å². The quantitative estimate of drug-likeness (QED) is 0.613. The number of ether oxygens (including phenoxy) is 1. The number of anilines is 2. The zero-order chi connectivity index (χ0) is 22.5. The predicted octanol–water partition coefficient (Wildman–Crippen LogP) is 3.92. The van der Waals surface area contributed by atoms with Crippen molar-refractivity contribution < 1.29 is 18.7 Å². The number of methoxy groups -OCH3 is 1. The van der Waals surface area contributed by atoms with Gasteiger partial charge >= 0.3 is 5.97 Å². The number of carbonyl (C=O) groups is 2. The molecule has 3 aromatic rings. The highest BCUT2D eigenvalue weighted by Crippen LogP contribution is 2.24. The molecule has 0 unspecified atom stereocenters. The van der Waals surface area contributed by atoms with E-state index in [-0.39, 0.29) is 17.6 Å². The molecule has 0 radical (unpaired) electrons. The van der Waals surface area contributed by atoms with Crippen molar-refractivity contribution in [1.29, 1.82) is 0 Å². The Balaban J connectivity index is 1.39. The lowest BCUT2D eigenvalue weighted by Crippen LogP contribution is -2.41. The second-order valence-corrected chi connectivity index (χ2v) is 7.63. The number of halogens is 1. The molecule has 32 heavy (non-hydrogen) atoms. The molecule has 164 valence electrons. The molecule has 1 saturated heterocycles. The normalized spacial score (nSPS) is 15.8. The SMILES string of the molecule is COC(=O)c1ccc(NC(=O)[C@H]2CCCN(c3ccc(-c4ccc(F)cc4)nn3)C2)cc1. The third-order valence-corrected chi connectivity index (χ3v) is 5.48. The largest absolute Gasteiger partial charge is 0.465 e. The molecule has 7 nitrogen and oxygen atoms in total. The van der Waals surface area contributed by atoms with Crippen molar-refractivity contribution in [1.82, 2.24) is 10.2 Å². The van der Waals surface area contributed by atoms with Crippen molar-refractivity contribution in [2.75, 3.05) is 30.4 Å². The van der Waals surface area contributed by atoms with Crippen LogP contribution in [-0.2, 0) is 9.53 Å². The van der Waals surface area contributed by atoms with Gasteiger partial charge in [-0.15, -0.1) is 10.2 Å². The Hall–Kier alpha value is -3.81. The maximum absolute atomic E-state index is 13.1. The van der Waals surface area contributed by atoms with E-state index in [0.717, 1.165) is 24.9 Å². The van der Waals surface area contributed by atoms with E-state index in [1.165, 1.54) is 19.2 Å². The molecule has 1 aliphatic rings. The molecule has 1 aromatic heterocycles. The first-order valence-corrected chi connectivity index (χ1v) is 10.4. The average Bonchev–Trinajstić information content (AvgIpc) is 2.84. The van der Waals surface area contributed by atoms with E-state index in [2.05, 4.69) is 25.2 Å². The molecular weight excluding hydrogens is 411 g/mol. The Labute approximate surface area is 185 Å². The van der Waals surface area contributed by atoms with E-state index in [1.54, 1.807) is 36.4 Å². The van der Waals surface area contributed by atoms with E-state index in [4.69, 9.17) is 0 Å². The van der Waals surface area contributed by atoms with Crippen molar-refractivity contribution in [2.45, 2.75) is 12.8 Å². The number of hydrogen-bond donors (Lipinski definition) is 1. The summed E-state index contributed by atoms with van der Waals surface area (Å²) in [6, 6.07) is 16.4. The predicted molar refractivity (Wildman–Crippen MR) is 119 cm³/mol. The first kappa shape index (κ1) is 21.4. The molecule has 0 aliphatic carbocycles. The van der Waals surface area contributed by atoms with Crippen molar-refractivity contribution in [3.63, 3.8) is 0 Å². The molecular formula is C24H23FN4O3. The van der Waals surface area contributed by atoms with Gasteiger partial charge in [-0.3, -0.25) is 4.79 Å². The van der Waals surface area contributed by atoms with Gasteiger partial charge in [0, 0.05) is 24.3 Å². The number of carbonyl (C=O) groups excluding carboxylic acids is 2. The number of piperidine rings is 1. The Morgan fingerprint density at radius 3 is 2.44 bits per heavy atom. The van der Waals surface area contributed by atoms with E-state index >= 15 is 0 Å². The summed E-state index contributed by atoms with van der Waals surface area (Å²) in [7, 11) is 1.33. The zero-order valence-electron chi connectivity index (χ0n) is 17.6. The summed E-state index contributed by atoms with van der Waals surface area (Å²) >= 11 is 0. The molecule has 1 atom stereocenters. The number of nitrogens with one attached hydrogen (secondary N) is 1. The van der Waals surface area contributed by atoms with E-state index in [0.29, 0.717) is 29.3 Å². The van der Waals surface area contributed by atoms with Gasteiger partial charge < -0.3 is 15.0 Å². The third-order valence-electron chi connectivity index (χ3n) is 5.48. The monoisotopic (exact) mass is 434 g/mol. The smallest absolute Gasteiger partial charge is 0.337 e. The van der Waals surface area contributed by atoms with Gasteiger partial charge in [0.15, 0.2) is 5.82 Å². The lowest BCUT2D eigenvalue weighted by Gasteiger charge is -2.32. The van der Waals surface area contributed by atoms with Gasteiger partial charge in [-0.2, -0.15) is 0 Å². The minimum Gasteiger partial charge on any atom is -0.465 e. The Morgan fingerprint density at radius 1 is 1.03 bits per heavy atom. The number of rotatable bonds is 5. The molecule has 1 amide bonds. The van der Waals surface area contributed by atoms with Gasteiger partial charge in [-0.05, 0) is 73.5 Å². The molecule has 4 rings (SSSR count). The van der Waals surface area contributed by atoms with Crippen molar-refractivity contribution in [3.05, 3.63) is 72.0 Å². The fourth-order valence-electron chi connectivity index (χ4n) is 3.72. The van der Waals surface area contributed by atoms with Crippen LogP contribution in [0.4, 0.5) is 15.9 Å². The standard InChI is InChI=1S/C24H23FN4O3/c1-32-24(31)17-6-10-20(11-7-17)26-23(30)18-3-2-14-29(15-18)22-13-12-21(27-28-22)16-4-8-19(25)9-5-16/h4-13,18H,2-3,14-15H2,1H3,(H,26,30)/t18-/m0/s1. The molecule has 1 aliphatic heterocycles. The lowest BCUT2D eigenvalue weighted by molar-refractivity contribution is -0.120. The number of nitrogens with zero attached hydrogens (tertiary/aromatic N) is 3. The Kier molecular flexibility index (Phi) is 6.39. The summed E-state index contributed by atoms with van der Waals surface area (Å²) in [5.74, 6) is -0.275. The highest BCUT2D eigenvalue weighted by atomic mass is 19.1. The van der Waals surface area contributed by atoms with Gasteiger partial charge in [0.05, 0.1) is 24.3 Å². The maximum Gasteiger partial charge on any atom is 0.337 e. The summed E-state index contributed by atoms with van der Waals surface area (Å²) in [5, 5.41) is 11.5. The van der Waals surface area contributed by atoms with Crippen LogP contribution in [0.2, 0.25) is 0 Å². The number of amides is 1. The molecule has 2 heterocycles. The Bertz CT molecular complexity index is 1090. The second-order valence-electron chi connectivity index (χ2n) is 7.63. The van der Waals surface area contributed by atoms with E-state index < -0.39 is 5.97 Å². The summed E-state index contributed by atoms with van der Waals surface area (Å²) in [5.41, 5.74) is 2.51. The highest BCUT2D eigenvalue weighted by Gasteiger charge is 2.27. The van der Waals surface area contributed by atoms with Crippen LogP contribution in [-0.4, -0.2) is 42.3 Å². The van der Waals surface area contributed by atoms with Crippen LogP contribution in [0.1, 0.15) is 23.2 Å². The van der Waals surface area contributed by atoms with Crippen LogP contribution in [0.25, 0.3) is 11.3 Å². The van der Waals surface area contributed by atoms with Gasteiger partial charge in [-0.1, -0.05) is 0 Å². The van der Waals surface area contributed by atoms with Crippen LogP contribution in [0.5, 0.6) is 0 Å². The fraction of sp³-hybridized carbons (Fsp3) is 0.250. The van der Waals surface area contributed by atoms with Crippen molar-refractivity contribution in [2.24, 2.45) is 5.92 Å². The maximum atomic E-state index is 13.1. The minimum absolute atomic E-state index is 0.0728. The molecule has 1 fully saturated rings. The number of aromatic nitrogens is 2. The first-order valence-electron chi connectivity index (χ1n) is 10.4. The summed E-state index contributed by atoms with van der Waals surface area (Å²) in [6.45, 7) is 1.33. The number of hydrogen-bond acceptors (Lipinski definition) is 6. The molecule has 2 aromatic carbocycles. The number of benzene rings is 2. The minimum atomic E-state index is -0.419. The van der Waals surface area contributed by atoms with Crippen LogP contribution in [0.15, 0.2) is 60.7 Å². The lowest BCUT2D eigenvalue weighted by atomic mass is 9.97. The highest BCUT2D eigenvalue weighted by molar-refractivity contribution is 5.94. The fourth-order valence-corrected chi connectivity index (χ4v) is 3.72. The van der Waals surface area contributed by atoms with Crippen LogP contribution in [0.3, 0.4) is 0 Å². The van der Waals surface area contributed by atoms with Gasteiger partial charge in [0.2, 0.25) is 5.91 Å². The van der Waals surface area contributed by atoms with Crippen molar-refractivity contribution >= 4 is 23.4 Å². The second kappa shape index (κ2) is 9.55. The Morgan fingerprint density at radius 2 is 1.78 bits per heavy atom. The van der Waals surface area contributed by atoms with Gasteiger partial charge in [0.1, 0.15) is 5.82 Å². The molecule has 0 bridgehead atoms. The third kappa shape index (κ3) is 4.91. The molecule has 1 N–H and O–H groups in total. The first-order chi connectivity index (χ1) is 15.5. The zero-order valence-corrected chi connectivity index (χ0v) is 17.6. The molecule has 0 spiro atoms. The topological polar surface area (TPSA) is 84.4 Å². The average molecular weight is 434 g/mol. The summed E-state index contributed by atoms with van der Waals surface area (Å²) in [4.78, 5) is 26.4. The van der Waals surface area contributed by atoms with Gasteiger partial charge in [0.25, 0.3) is 0 Å². The summed E-state index contributed by atoms with van der Waals surface area (Å²) in [6.07, 6.45) is 1.64. The summed E-state index contributed by atoms with van der Waals surface area (Å²) < 4.78 is 17.8. The van der Waals surface area contributed by atoms with Crippen LogP contribution < -0.4 is 10.2 Å². The van der Waals surface area contributed by atoms with Gasteiger partial charge in [-0.25, -0.2) is 9.18 Å².